The molecule has 66 heavy (non-hydrogen) atoms. The first-order valence-electron chi connectivity index (χ1n) is 23.8. The van der Waals surface area contributed by atoms with Gasteiger partial charge in [-0.15, -0.1) is 0 Å². The number of carbonyl (C=O) groups is 3. The topological polar surface area (TPSA) is 189 Å². The van der Waals surface area contributed by atoms with Gasteiger partial charge in [-0.1, -0.05) is 46.6 Å². The van der Waals surface area contributed by atoms with E-state index < -0.39 is 35.4 Å². The van der Waals surface area contributed by atoms with Gasteiger partial charge in [0.25, 0.3) is 11.8 Å². The number of rotatable bonds is 21. The van der Waals surface area contributed by atoms with E-state index in [2.05, 4.69) is 71.2 Å². The smallest absolute Gasteiger partial charge is 0.317 e. The van der Waals surface area contributed by atoms with Crippen LogP contribution in [-0.2, 0) is 30.7 Å². The number of carboxylic acid groups (broad SMARTS) is 1. The fourth-order valence-electron chi connectivity index (χ4n) is 9.78. The Labute approximate surface area is 390 Å². The van der Waals surface area contributed by atoms with Crippen LogP contribution in [-0.4, -0.2) is 102 Å². The van der Waals surface area contributed by atoms with Crippen molar-refractivity contribution < 1.29 is 49.4 Å². The number of aromatic hydroxyl groups is 2. The summed E-state index contributed by atoms with van der Waals surface area (Å²) in [4.78, 5) is 43.1. The third-order valence-corrected chi connectivity index (χ3v) is 14.0. The average molecular weight is 912 g/mol. The van der Waals surface area contributed by atoms with E-state index in [1.807, 2.05) is 13.8 Å². The normalized spacial score (nSPS) is 22.8. The lowest BCUT2D eigenvalue weighted by Crippen LogP contribution is -2.49. The SMILES string of the molecule is CC(C)=CCC/C(C)=C/CC[C@@]1(C)Oc2c(c(O)cc3c2CN(CCC[C@@H](CNCC(=O)O)N2Cc4c(cc(O)c5c4O[C@](C)(CC/C=C(\C)CCC=C(C)C)[C@@H](O)C5)C2=O)C3=O)C[C@@H]1O. The number of allylic oxidation sites excluding steroid dienone is 8. The molecule has 2 amide bonds. The van der Waals surface area contributed by atoms with Crippen LogP contribution in [0.5, 0.6) is 23.0 Å². The molecule has 4 heterocycles. The molecule has 0 bridgehead atoms. The molecule has 2 aromatic rings. The molecule has 0 radical (unpaired) electrons. The molecule has 6 N–H and O–H groups in total. The van der Waals surface area contributed by atoms with Crippen molar-refractivity contribution in [3.63, 3.8) is 0 Å². The fraction of sp³-hybridized carbons (Fsp3) is 0.566. The molecule has 4 aliphatic heterocycles. The Balaban J connectivity index is 1.14. The van der Waals surface area contributed by atoms with E-state index in [0.29, 0.717) is 89.9 Å². The van der Waals surface area contributed by atoms with Gasteiger partial charge >= 0.3 is 5.97 Å². The molecule has 0 saturated carbocycles. The van der Waals surface area contributed by atoms with E-state index >= 15 is 0 Å². The van der Waals surface area contributed by atoms with Crippen LogP contribution in [0.15, 0.2) is 58.7 Å². The van der Waals surface area contributed by atoms with Crippen LogP contribution in [0.4, 0.5) is 0 Å². The number of hydrogen-bond donors (Lipinski definition) is 6. The maximum atomic E-state index is 14.2. The first kappa shape index (κ1) is 50.3. The Kier molecular flexibility index (Phi) is 16.2. The summed E-state index contributed by atoms with van der Waals surface area (Å²) in [6.07, 6.45) is 14.6. The van der Waals surface area contributed by atoms with Gasteiger partial charge in [-0.25, -0.2) is 0 Å². The van der Waals surface area contributed by atoms with Crippen LogP contribution in [0.2, 0.25) is 0 Å². The number of phenols is 2. The second kappa shape index (κ2) is 21.2. The Hall–Kier alpha value is -5.11. The molecular formula is C53H73N3O10. The number of aliphatic hydroxyl groups excluding tert-OH is 2. The van der Waals surface area contributed by atoms with Gasteiger partial charge in [-0.05, 0) is 132 Å². The van der Waals surface area contributed by atoms with E-state index in [9.17, 15) is 39.9 Å². The highest BCUT2D eigenvalue weighted by Crippen LogP contribution is 2.48. The number of carboxylic acids is 1. The molecular weight excluding hydrogens is 839 g/mol. The van der Waals surface area contributed by atoms with Gasteiger partial charge in [0.05, 0.1) is 43.0 Å². The minimum absolute atomic E-state index is 0.0866. The summed E-state index contributed by atoms with van der Waals surface area (Å²) in [5.41, 5.74) is 6.12. The minimum Gasteiger partial charge on any atom is -0.508 e. The summed E-state index contributed by atoms with van der Waals surface area (Å²) < 4.78 is 13.2. The lowest BCUT2D eigenvalue weighted by Gasteiger charge is -2.41. The molecule has 13 nitrogen and oxygen atoms in total. The molecule has 4 aliphatic rings. The zero-order valence-electron chi connectivity index (χ0n) is 40.4. The summed E-state index contributed by atoms with van der Waals surface area (Å²) in [6, 6.07) is 2.44. The first-order chi connectivity index (χ1) is 31.2. The largest absolute Gasteiger partial charge is 0.508 e. The molecule has 13 heteroatoms. The number of nitrogens with one attached hydrogen (secondary N) is 1. The van der Waals surface area contributed by atoms with Crippen molar-refractivity contribution in [2.24, 2.45) is 0 Å². The Morgan fingerprint density at radius 1 is 0.742 bits per heavy atom. The Morgan fingerprint density at radius 2 is 1.23 bits per heavy atom. The van der Waals surface area contributed by atoms with Gasteiger partial charge in [-0.2, -0.15) is 0 Å². The summed E-state index contributed by atoms with van der Waals surface area (Å²) in [6.45, 7) is 16.9. The highest BCUT2D eigenvalue weighted by molar-refractivity contribution is 6.01. The quantitative estimate of drug-likeness (QED) is 0.0659. The molecule has 0 aromatic heterocycles. The molecule has 5 atom stereocenters. The zero-order valence-corrected chi connectivity index (χ0v) is 40.4. The van der Waals surface area contributed by atoms with E-state index in [-0.39, 0.29) is 62.3 Å². The summed E-state index contributed by atoms with van der Waals surface area (Å²) in [7, 11) is 0. The van der Waals surface area contributed by atoms with E-state index in [1.54, 1.807) is 9.80 Å². The Bertz CT molecular complexity index is 2290. The number of nitrogens with zero attached hydrogens (tertiary/aromatic N) is 2. The maximum Gasteiger partial charge on any atom is 0.317 e. The number of fused-ring (bicyclic) bond motifs is 6. The van der Waals surface area contributed by atoms with E-state index in [1.165, 1.54) is 34.4 Å². The fourth-order valence-corrected chi connectivity index (χ4v) is 9.78. The third-order valence-electron chi connectivity index (χ3n) is 14.0. The highest BCUT2D eigenvalue weighted by Gasteiger charge is 2.46. The number of hydrogen-bond acceptors (Lipinski definition) is 10. The molecule has 0 saturated heterocycles. The van der Waals surface area contributed by atoms with Crippen molar-refractivity contribution in [2.45, 2.75) is 175 Å². The molecule has 6 rings (SSSR count). The highest BCUT2D eigenvalue weighted by atomic mass is 16.5. The number of phenolic OH excluding ortho intramolecular Hbond substituents is 2. The van der Waals surface area contributed by atoms with Crippen molar-refractivity contribution in [3.05, 3.63) is 92.1 Å². The molecule has 0 spiro atoms. The molecule has 0 unspecified atom stereocenters. The average Bonchev–Trinajstić information content (AvgIpc) is 3.73. The molecule has 360 valence electrons. The monoisotopic (exact) mass is 912 g/mol. The van der Waals surface area contributed by atoms with Crippen LogP contribution in [0, 0.1) is 0 Å². The third kappa shape index (κ3) is 11.5. The second-order valence-electron chi connectivity index (χ2n) is 20.0. The molecule has 2 aromatic carbocycles. The number of benzene rings is 2. The van der Waals surface area contributed by atoms with Gasteiger partial charge in [0.2, 0.25) is 0 Å². The van der Waals surface area contributed by atoms with Crippen LogP contribution < -0.4 is 14.8 Å². The number of aliphatic carboxylic acids is 1. The zero-order chi connectivity index (χ0) is 48.1. The van der Waals surface area contributed by atoms with Crippen LogP contribution in [0.1, 0.15) is 163 Å². The van der Waals surface area contributed by atoms with Crippen molar-refractivity contribution in [1.82, 2.24) is 15.1 Å². The summed E-state index contributed by atoms with van der Waals surface area (Å²) in [5, 5.41) is 57.3. The van der Waals surface area contributed by atoms with E-state index in [4.69, 9.17) is 9.47 Å². The molecule has 0 aliphatic carbocycles. The van der Waals surface area contributed by atoms with Gasteiger partial charge < -0.3 is 50.1 Å². The minimum atomic E-state index is -1.03. The lowest BCUT2D eigenvalue weighted by molar-refractivity contribution is -0.136. The standard InChI is InChI=1S/C53H73N3O10/c1-32(2)14-9-16-34(5)18-11-21-52(7)45(59)26-39-43(57)24-37-41(48(39)65-52)30-55(50(37)63)23-13-20-36(28-54-29-47(61)62)56-31-42-38(51(56)64)25-44(58)40-27-46(60)53(8,66-49(40)42)22-12-19-35(6)17-10-15-33(3)4/h14-15,18-19,24-25,36,45-46,54,57-60H,9-13,16-17,20-23,26-31H2,1-8H3,(H,61,62)/b34-18+,35-19+/t36-,45-,46-,52+,53+/m0/s1. The van der Waals surface area contributed by atoms with Crippen LogP contribution >= 0.6 is 0 Å². The van der Waals surface area contributed by atoms with Crippen molar-refractivity contribution in [1.29, 1.82) is 0 Å². The predicted octanol–water partition coefficient (Wildman–Crippen LogP) is 8.59. The predicted molar refractivity (Wildman–Crippen MR) is 255 cm³/mol. The van der Waals surface area contributed by atoms with Gasteiger partial charge in [-0.3, -0.25) is 14.4 Å². The Morgan fingerprint density at radius 3 is 1.71 bits per heavy atom. The lowest BCUT2D eigenvalue weighted by atomic mass is 9.84. The summed E-state index contributed by atoms with van der Waals surface area (Å²) >= 11 is 0. The van der Waals surface area contributed by atoms with Crippen molar-refractivity contribution in [3.8, 4) is 23.0 Å². The molecule has 0 fully saturated rings. The summed E-state index contributed by atoms with van der Waals surface area (Å²) in [5.74, 6) is -0.946. The first-order valence-corrected chi connectivity index (χ1v) is 23.8. The number of ether oxygens (including phenoxy) is 2. The van der Waals surface area contributed by atoms with Crippen molar-refractivity contribution in [2.75, 3.05) is 19.6 Å². The number of aliphatic hydroxyl groups is 2. The van der Waals surface area contributed by atoms with Gasteiger partial charge in [0.1, 0.15) is 34.2 Å². The van der Waals surface area contributed by atoms with Crippen LogP contribution in [0.3, 0.4) is 0 Å². The van der Waals surface area contributed by atoms with Crippen molar-refractivity contribution >= 4 is 17.8 Å². The van der Waals surface area contributed by atoms with Crippen LogP contribution in [0.25, 0.3) is 0 Å². The number of carbonyl (C=O) groups excluding carboxylic acids is 2. The van der Waals surface area contributed by atoms with Gasteiger partial charge in [0.15, 0.2) is 0 Å². The second-order valence-corrected chi connectivity index (χ2v) is 20.0. The maximum absolute atomic E-state index is 14.2. The van der Waals surface area contributed by atoms with E-state index in [0.717, 1.165) is 25.7 Å². The van der Waals surface area contributed by atoms with Gasteiger partial charge in [0, 0.05) is 54.2 Å². The number of amides is 2.